The summed E-state index contributed by atoms with van der Waals surface area (Å²) in [6, 6.07) is 16.6. The SMILES string of the molecule is CCOP(=O)(OCC)C(Nc1cccc(F)c1)c1c(O)ccc2ccccc12. The Labute approximate surface area is 163 Å². The van der Waals surface area contributed by atoms with Crippen molar-refractivity contribution in [3.05, 3.63) is 72.0 Å². The molecule has 0 bridgehead atoms. The van der Waals surface area contributed by atoms with Crippen LogP contribution in [0.4, 0.5) is 10.1 Å². The third-order valence-electron chi connectivity index (χ3n) is 4.28. The predicted octanol–water partition coefficient (Wildman–Crippen LogP) is 6.06. The van der Waals surface area contributed by atoms with Crippen LogP contribution in [-0.4, -0.2) is 18.3 Å². The summed E-state index contributed by atoms with van der Waals surface area (Å²) >= 11 is 0. The first kappa shape index (κ1) is 20.3. The smallest absolute Gasteiger partial charge is 0.357 e. The summed E-state index contributed by atoms with van der Waals surface area (Å²) in [5, 5.41) is 15.3. The lowest BCUT2D eigenvalue weighted by Crippen LogP contribution is -2.16. The van der Waals surface area contributed by atoms with E-state index >= 15 is 0 Å². The van der Waals surface area contributed by atoms with Crippen molar-refractivity contribution < 1.29 is 23.1 Å². The molecule has 3 aromatic rings. The van der Waals surface area contributed by atoms with Gasteiger partial charge in [-0.05, 0) is 48.9 Å². The summed E-state index contributed by atoms with van der Waals surface area (Å²) in [7, 11) is -3.76. The number of aromatic hydroxyl groups is 1. The second-order valence-corrected chi connectivity index (χ2v) is 8.26. The highest BCUT2D eigenvalue weighted by atomic mass is 31.2. The van der Waals surface area contributed by atoms with Crippen molar-refractivity contribution in [3.8, 4) is 5.75 Å². The van der Waals surface area contributed by atoms with Crippen LogP contribution in [0.2, 0.25) is 0 Å². The standard InChI is InChI=1S/C21H23FNO4P/c1-3-26-28(25,27-4-2)21(23-17-10-7-9-16(22)14-17)20-18-11-6-5-8-15(18)12-13-19(20)24/h5-14,21,23-24H,3-4H2,1-2H3. The Balaban J connectivity index is 2.21. The van der Waals surface area contributed by atoms with E-state index in [9.17, 15) is 14.1 Å². The van der Waals surface area contributed by atoms with E-state index in [-0.39, 0.29) is 19.0 Å². The van der Waals surface area contributed by atoms with Gasteiger partial charge in [-0.2, -0.15) is 0 Å². The van der Waals surface area contributed by atoms with Crippen molar-refractivity contribution in [1.82, 2.24) is 0 Å². The molecule has 0 saturated heterocycles. The van der Waals surface area contributed by atoms with Crippen LogP contribution in [0, 0.1) is 5.82 Å². The lowest BCUT2D eigenvalue weighted by Gasteiger charge is -2.29. The molecule has 0 aliphatic rings. The summed E-state index contributed by atoms with van der Waals surface area (Å²) in [4.78, 5) is 0. The molecule has 0 aliphatic carbocycles. The minimum atomic E-state index is -3.76. The molecular weight excluding hydrogens is 380 g/mol. The lowest BCUT2D eigenvalue weighted by atomic mass is 10.0. The van der Waals surface area contributed by atoms with Crippen LogP contribution in [0.1, 0.15) is 25.2 Å². The van der Waals surface area contributed by atoms with E-state index < -0.39 is 19.2 Å². The zero-order chi connectivity index (χ0) is 20.1. The van der Waals surface area contributed by atoms with E-state index in [1.165, 1.54) is 12.1 Å². The number of rotatable bonds is 8. The molecule has 5 nitrogen and oxygen atoms in total. The summed E-state index contributed by atoms with van der Waals surface area (Å²) in [5.74, 6) is -1.51. The third-order valence-corrected chi connectivity index (χ3v) is 6.54. The van der Waals surface area contributed by atoms with Gasteiger partial charge in [0.1, 0.15) is 11.6 Å². The van der Waals surface area contributed by atoms with Gasteiger partial charge in [0.25, 0.3) is 0 Å². The molecule has 0 fully saturated rings. The first-order valence-electron chi connectivity index (χ1n) is 9.10. The van der Waals surface area contributed by atoms with Gasteiger partial charge in [0, 0.05) is 11.3 Å². The number of phenolic OH excluding ortho intramolecular Hbond substituents is 1. The lowest BCUT2D eigenvalue weighted by molar-refractivity contribution is 0.214. The Hall–Kier alpha value is -2.40. The molecule has 0 aromatic heterocycles. The molecule has 1 unspecified atom stereocenters. The van der Waals surface area contributed by atoms with Gasteiger partial charge in [-0.25, -0.2) is 4.39 Å². The van der Waals surface area contributed by atoms with Crippen molar-refractivity contribution in [2.75, 3.05) is 18.5 Å². The van der Waals surface area contributed by atoms with Gasteiger partial charge in [-0.1, -0.05) is 36.4 Å². The van der Waals surface area contributed by atoms with Crippen LogP contribution in [0.5, 0.6) is 5.75 Å². The van der Waals surface area contributed by atoms with E-state index in [1.807, 2.05) is 24.3 Å². The Morgan fingerprint density at radius 3 is 2.43 bits per heavy atom. The average molecular weight is 403 g/mol. The van der Waals surface area contributed by atoms with Crippen LogP contribution < -0.4 is 5.32 Å². The van der Waals surface area contributed by atoms with Crippen LogP contribution in [0.15, 0.2) is 60.7 Å². The largest absolute Gasteiger partial charge is 0.508 e. The molecule has 148 valence electrons. The first-order valence-corrected chi connectivity index (χ1v) is 10.7. The number of phenols is 1. The summed E-state index contributed by atoms with van der Waals surface area (Å²) in [5.41, 5.74) is 0.782. The molecule has 7 heteroatoms. The number of halogens is 1. The monoisotopic (exact) mass is 403 g/mol. The topological polar surface area (TPSA) is 67.8 Å². The third kappa shape index (κ3) is 4.20. The zero-order valence-electron chi connectivity index (χ0n) is 15.8. The molecular formula is C21H23FNO4P. The summed E-state index contributed by atoms with van der Waals surface area (Å²) < 4.78 is 38.5. The Morgan fingerprint density at radius 1 is 1.04 bits per heavy atom. The van der Waals surface area contributed by atoms with E-state index in [2.05, 4.69) is 5.32 Å². The van der Waals surface area contributed by atoms with Crippen LogP contribution in [0.3, 0.4) is 0 Å². The van der Waals surface area contributed by atoms with Crippen LogP contribution in [0.25, 0.3) is 10.8 Å². The van der Waals surface area contributed by atoms with Gasteiger partial charge in [0.2, 0.25) is 0 Å². The maximum atomic E-state index is 13.7. The maximum absolute atomic E-state index is 13.7. The van der Waals surface area contributed by atoms with Crippen molar-refractivity contribution in [1.29, 1.82) is 0 Å². The van der Waals surface area contributed by atoms with Crippen molar-refractivity contribution >= 4 is 24.1 Å². The Bertz CT molecular complexity index is 1000. The molecule has 3 aromatic carbocycles. The Morgan fingerprint density at radius 2 is 1.75 bits per heavy atom. The number of hydrogen-bond donors (Lipinski definition) is 2. The molecule has 0 spiro atoms. The second kappa shape index (κ2) is 8.74. The highest BCUT2D eigenvalue weighted by Crippen LogP contribution is 2.62. The average Bonchev–Trinajstić information content (AvgIpc) is 2.67. The molecule has 0 saturated carbocycles. The molecule has 2 N–H and O–H groups in total. The molecule has 1 atom stereocenters. The van der Waals surface area contributed by atoms with Gasteiger partial charge < -0.3 is 19.5 Å². The molecule has 0 amide bonds. The normalized spacial score (nSPS) is 12.8. The van der Waals surface area contributed by atoms with Gasteiger partial charge >= 0.3 is 7.60 Å². The van der Waals surface area contributed by atoms with E-state index in [1.54, 1.807) is 38.1 Å². The molecule has 3 rings (SSSR count). The highest BCUT2D eigenvalue weighted by molar-refractivity contribution is 7.54. The predicted molar refractivity (Wildman–Crippen MR) is 109 cm³/mol. The van der Waals surface area contributed by atoms with E-state index in [0.717, 1.165) is 5.39 Å². The molecule has 28 heavy (non-hydrogen) atoms. The number of anilines is 1. The van der Waals surface area contributed by atoms with Crippen LogP contribution >= 0.6 is 7.60 Å². The van der Waals surface area contributed by atoms with Crippen molar-refractivity contribution in [2.24, 2.45) is 0 Å². The molecule has 0 radical (unpaired) electrons. The number of hydrogen-bond acceptors (Lipinski definition) is 5. The molecule has 0 aliphatic heterocycles. The van der Waals surface area contributed by atoms with Gasteiger partial charge in [-0.15, -0.1) is 0 Å². The summed E-state index contributed by atoms with van der Waals surface area (Å²) in [6.45, 7) is 3.75. The first-order chi connectivity index (χ1) is 13.5. The van der Waals surface area contributed by atoms with Crippen LogP contribution in [-0.2, 0) is 13.6 Å². The maximum Gasteiger partial charge on any atom is 0.357 e. The Kier molecular flexibility index (Phi) is 6.35. The minimum Gasteiger partial charge on any atom is -0.508 e. The highest BCUT2D eigenvalue weighted by Gasteiger charge is 2.39. The van der Waals surface area contributed by atoms with Gasteiger partial charge in [0.05, 0.1) is 13.2 Å². The van der Waals surface area contributed by atoms with Crippen molar-refractivity contribution in [3.63, 3.8) is 0 Å². The van der Waals surface area contributed by atoms with E-state index in [0.29, 0.717) is 16.6 Å². The fourth-order valence-corrected chi connectivity index (χ4v) is 5.15. The van der Waals surface area contributed by atoms with Gasteiger partial charge in [-0.3, -0.25) is 4.57 Å². The quantitative estimate of drug-likeness (QED) is 0.448. The fraction of sp³-hybridized carbons (Fsp3) is 0.238. The number of nitrogens with one attached hydrogen (secondary N) is 1. The molecule has 0 heterocycles. The second-order valence-electron chi connectivity index (χ2n) is 6.15. The zero-order valence-corrected chi connectivity index (χ0v) is 16.7. The minimum absolute atomic E-state index is 0.0489. The van der Waals surface area contributed by atoms with Crippen molar-refractivity contribution in [2.45, 2.75) is 19.6 Å². The fourth-order valence-electron chi connectivity index (χ4n) is 3.16. The summed E-state index contributed by atoms with van der Waals surface area (Å²) in [6.07, 6.45) is 0. The number of benzene rings is 3. The van der Waals surface area contributed by atoms with Gasteiger partial charge in [0.15, 0.2) is 5.78 Å². The van der Waals surface area contributed by atoms with E-state index in [4.69, 9.17) is 9.05 Å². The number of fused-ring (bicyclic) bond motifs is 1.